The minimum atomic E-state index is 0.0625. The Kier molecular flexibility index (Phi) is 6.89. The molecule has 0 aliphatic rings. The molecule has 0 saturated heterocycles. The van der Waals surface area contributed by atoms with Crippen molar-refractivity contribution in [3.63, 3.8) is 0 Å². The molecule has 108 valence electrons. The number of hydrogen-bond acceptors (Lipinski definition) is 3. The maximum Gasteiger partial charge on any atom is 0.119 e. The third-order valence-electron chi connectivity index (χ3n) is 3.15. The lowest BCUT2D eigenvalue weighted by Crippen LogP contribution is -2.30. The van der Waals surface area contributed by atoms with Gasteiger partial charge < -0.3 is 14.8 Å². The maximum atomic E-state index is 6.12. The fourth-order valence-corrected chi connectivity index (χ4v) is 1.81. The van der Waals surface area contributed by atoms with E-state index in [1.165, 1.54) is 0 Å². The molecule has 0 radical (unpaired) electrons. The van der Waals surface area contributed by atoms with E-state index in [1.54, 1.807) is 7.11 Å². The highest BCUT2D eigenvalue weighted by Crippen LogP contribution is 2.23. The molecule has 2 atom stereocenters. The van der Waals surface area contributed by atoms with Crippen LogP contribution in [0.3, 0.4) is 0 Å². The summed E-state index contributed by atoms with van der Waals surface area (Å²) >= 11 is 0. The van der Waals surface area contributed by atoms with Crippen LogP contribution in [0.15, 0.2) is 24.3 Å². The Morgan fingerprint density at radius 3 is 2.53 bits per heavy atom. The smallest absolute Gasteiger partial charge is 0.119 e. The van der Waals surface area contributed by atoms with E-state index in [9.17, 15) is 0 Å². The molecule has 3 nitrogen and oxygen atoms in total. The monoisotopic (exact) mass is 265 g/mol. The van der Waals surface area contributed by atoms with E-state index in [-0.39, 0.29) is 12.2 Å². The van der Waals surface area contributed by atoms with Crippen LogP contribution >= 0.6 is 0 Å². The Labute approximate surface area is 117 Å². The number of nitrogens with one attached hydrogen (secondary N) is 1. The first kappa shape index (κ1) is 16.0. The second-order valence-electron chi connectivity index (χ2n) is 5.18. The van der Waals surface area contributed by atoms with E-state index in [4.69, 9.17) is 9.47 Å². The molecule has 0 fully saturated rings. The first-order chi connectivity index (χ1) is 9.06. The van der Waals surface area contributed by atoms with E-state index in [0.717, 1.165) is 24.3 Å². The number of benzene rings is 1. The van der Waals surface area contributed by atoms with Gasteiger partial charge in [0.25, 0.3) is 0 Å². The molecule has 0 spiro atoms. The molecule has 1 rings (SSSR count). The third kappa shape index (κ3) is 5.62. The van der Waals surface area contributed by atoms with E-state index >= 15 is 0 Å². The van der Waals surface area contributed by atoms with Crippen molar-refractivity contribution in [3.8, 4) is 5.75 Å². The molecule has 0 aromatic heterocycles. The molecule has 1 aromatic carbocycles. The zero-order chi connectivity index (χ0) is 14.3. The van der Waals surface area contributed by atoms with Crippen LogP contribution in [0.25, 0.3) is 0 Å². The Balaban J connectivity index is 2.80. The number of rotatable bonds is 8. The molecular weight excluding hydrogens is 238 g/mol. The fourth-order valence-electron chi connectivity index (χ4n) is 1.81. The van der Waals surface area contributed by atoms with Crippen LogP contribution in [0, 0.1) is 0 Å². The minimum Gasteiger partial charge on any atom is -0.497 e. The molecule has 1 N–H and O–H groups in total. The second kappa shape index (κ2) is 8.18. The SMILES string of the molecule is CCC(C)OC(CNC(C)C)c1cccc(OC)c1. The number of methoxy groups -OCH3 is 1. The topological polar surface area (TPSA) is 30.5 Å². The van der Waals surface area contributed by atoms with Gasteiger partial charge in [0, 0.05) is 12.6 Å². The van der Waals surface area contributed by atoms with Gasteiger partial charge in [-0.25, -0.2) is 0 Å². The summed E-state index contributed by atoms with van der Waals surface area (Å²) in [5.74, 6) is 0.875. The second-order valence-corrected chi connectivity index (χ2v) is 5.18. The zero-order valence-corrected chi connectivity index (χ0v) is 12.8. The van der Waals surface area contributed by atoms with Crippen molar-refractivity contribution < 1.29 is 9.47 Å². The van der Waals surface area contributed by atoms with Gasteiger partial charge in [-0.2, -0.15) is 0 Å². The molecule has 0 aliphatic heterocycles. The van der Waals surface area contributed by atoms with Crippen molar-refractivity contribution >= 4 is 0 Å². The molecule has 0 amide bonds. The van der Waals surface area contributed by atoms with Gasteiger partial charge in [0.05, 0.1) is 19.3 Å². The molecule has 2 unspecified atom stereocenters. The normalized spacial score (nSPS) is 14.4. The van der Waals surface area contributed by atoms with Gasteiger partial charge >= 0.3 is 0 Å². The summed E-state index contributed by atoms with van der Waals surface area (Å²) in [7, 11) is 1.69. The van der Waals surface area contributed by atoms with Gasteiger partial charge in [-0.05, 0) is 31.0 Å². The highest BCUT2D eigenvalue weighted by atomic mass is 16.5. The van der Waals surface area contributed by atoms with Crippen LogP contribution in [0.5, 0.6) is 5.75 Å². The van der Waals surface area contributed by atoms with E-state index < -0.39 is 0 Å². The average molecular weight is 265 g/mol. The van der Waals surface area contributed by atoms with Gasteiger partial charge in [-0.3, -0.25) is 0 Å². The van der Waals surface area contributed by atoms with Crippen molar-refractivity contribution in [2.75, 3.05) is 13.7 Å². The van der Waals surface area contributed by atoms with Crippen LogP contribution in [0.2, 0.25) is 0 Å². The van der Waals surface area contributed by atoms with Gasteiger partial charge in [-0.15, -0.1) is 0 Å². The zero-order valence-electron chi connectivity index (χ0n) is 12.8. The summed E-state index contributed by atoms with van der Waals surface area (Å²) in [5, 5.41) is 3.45. The predicted octanol–water partition coefficient (Wildman–Crippen LogP) is 3.55. The predicted molar refractivity (Wildman–Crippen MR) is 79.7 cm³/mol. The Morgan fingerprint density at radius 2 is 1.95 bits per heavy atom. The van der Waals surface area contributed by atoms with E-state index in [0.29, 0.717) is 6.04 Å². The Bertz CT molecular complexity index is 366. The van der Waals surface area contributed by atoms with Crippen LogP contribution in [0.1, 0.15) is 45.8 Å². The molecule has 0 aliphatic carbocycles. The van der Waals surface area contributed by atoms with Crippen LogP contribution in [0.4, 0.5) is 0 Å². The number of hydrogen-bond donors (Lipinski definition) is 1. The molecular formula is C16H27NO2. The van der Waals surface area contributed by atoms with E-state index in [1.807, 2.05) is 12.1 Å². The Morgan fingerprint density at radius 1 is 1.21 bits per heavy atom. The molecule has 0 saturated carbocycles. The summed E-state index contributed by atoms with van der Waals surface area (Å²) in [5.41, 5.74) is 1.16. The van der Waals surface area contributed by atoms with Crippen molar-refractivity contribution in [1.82, 2.24) is 5.32 Å². The third-order valence-corrected chi connectivity index (χ3v) is 3.15. The average Bonchev–Trinajstić information content (AvgIpc) is 2.42. The lowest BCUT2D eigenvalue weighted by atomic mass is 10.1. The standard InChI is InChI=1S/C16H27NO2/c1-6-13(4)19-16(11-17-12(2)3)14-8-7-9-15(10-14)18-5/h7-10,12-13,16-17H,6,11H2,1-5H3. The van der Waals surface area contributed by atoms with Gasteiger partial charge in [0.2, 0.25) is 0 Å². The molecule has 1 aromatic rings. The lowest BCUT2D eigenvalue weighted by molar-refractivity contribution is -0.00546. The molecule has 0 heterocycles. The maximum absolute atomic E-state index is 6.12. The van der Waals surface area contributed by atoms with Crippen LogP contribution in [-0.4, -0.2) is 25.8 Å². The quantitative estimate of drug-likeness (QED) is 0.779. The van der Waals surface area contributed by atoms with Crippen molar-refractivity contribution in [3.05, 3.63) is 29.8 Å². The molecule has 0 bridgehead atoms. The fraction of sp³-hybridized carbons (Fsp3) is 0.625. The first-order valence-electron chi connectivity index (χ1n) is 7.09. The highest BCUT2D eigenvalue weighted by Gasteiger charge is 2.16. The van der Waals surface area contributed by atoms with Crippen molar-refractivity contribution in [2.24, 2.45) is 0 Å². The minimum absolute atomic E-state index is 0.0625. The van der Waals surface area contributed by atoms with Crippen LogP contribution in [-0.2, 0) is 4.74 Å². The largest absolute Gasteiger partial charge is 0.497 e. The van der Waals surface area contributed by atoms with Gasteiger partial charge in [-0.1, -0.05) is 32.9 Å². The van der Waals surface area contributed by atoms with E-state index in [2.05, 4.69) is 45.1 Å². The number of ether oxygens (including phenoxy) is 2. The van der Waals surface area contributed by atoms with Crippen molar-refractivity contribution in [1.29, 1.82) is 0 Å². The Hall–Kier alpha value is -1.06. The summed E-state index contributed by atoms with van der Waals surface area (Å²) in [4.78, 5) is 0. The summed E-state index contributed by atoms with van der Waals surface area (Å²) in [6.45, 7) is 9.36. The van der Waals surface area contributed by atoms with Gasteiger partial charge in [0.1, 0.15) is 5.75 Å². The summed E-state index contributed by atoms with van der Waals surface area (Å²) in [6, 6.07) is 8.57. The van der Waals surface area contributed by atoms with Crippen molar-refractivity contribution in [2.45, 2.75) is 52.4 Å². The first-order valence-corrected chi connectivity index (χ1v) is 7.09. The highest BCUT2D eigenvalue weighted by molar-refractivity contribution is 5.30. The lowest BCUT2D eigenvalue weighted by Gasteiger charge is -2.24. The van der Waals surface area contributed by atoms with Gasteiger partial charge in [0.15, 0.2) is 0 Å². The summed E-state index contributed by atoms with van der Waals surface area (Å²) in [6.07, 6.45) is 1.33. The molecule has 19 heavy (non-hydrogen) atoms. The molecule has 3 heteroatoms. The van der Waals surface area contributed by atoms with Crippen LogP contribution < -0.4 is 10.1 Å². The summed E-state index contributed by atoms with van der Waals surface area (Å²) < 4.78 is 11.4.